The molecule has 76 valence electrons. The molecule has 0 aromatic heterocycles. The second-order valence-electron chi connectivity index (χ2n) is 4.76. The Morgan fingerprint density at radius 3 is 2.00 bits per heavy atom. The molecule has 0 aliphatic carbocycles. The van der Waals surface area contributed by atoms with Crippen molar-refractivity contribution in [2.45, 2.75) is 34.1 Å². The first kappa shape index (κ1) is 12.3. The Labute approximate surface area is 83.1 Å². The van der Waals surface area contributed by atoms with Crippen LogP contribution in [0.4, 0.5) is 0 Å². The van der Waals surface area contributed by atoms with Gasteiger partial charge < -0.3 is 4.90 Å². The van der Waals surface area contributed by atoms with Gasteiger partial charge in [-0.25, -0.2) is 0 Å². The molecule has 0 fully saturated rings. The molecule has 0 rings (SSSR count). The second-order valence-corrected chi connectivity index (χ2v) is 4.76. The summed E-state index contributed by atoms with van der Waals surface area (Å²) in [5, 5.41) is 0. The fraction of sp³-hybridized carbons (Fsp3) is 0.667. The fourth-order valence-electron chi connectivity index (χ4n) is 0.869. The van der Waals surface area contributed by atoms with Gasteiger partial charge in [0, 0.05) is 19.3 Å². The topological polar surface area (TPSA) is 3.24 Å². The minimum absolute atomic E-state index is 0.232. The highest BCUT2D eigenvalue weighted by atomic mass is 15.1. The van der Waals surface area contributed by atoms with Gasteiger partial charge in [0.1, 0.15) is 0 Å². The van der Waals surface area contributed by atoms with E-state index in [1.807, 2.05) is 6.92 Å². The Hall–Kier alpha value is -0.720. The average Bonchev–Trinajstić information content (AvgIpc) is 1.97. The first-order valence-electron chi connectivity index (χ1n) is 4.80. The minimum atomic E-state index is 0.232. The van der Waals surface area contributed by atoms with E-state index in [1.54, 1.807) is 0 Å². The smallest absolute Gasteiger partial charge is 0.0208 e. The molecule has 0 saturated carbocycles. The van der Waals surface area contributed by atoms with Gasteiger partial charge in [0.2, 0.25) is 0 Å². The molecule has 0 radical (unpaired) electrons. The van der Waals surface area contributed by atoms with Crippen LogP contribution in [0.5, 0.6) is 0 Å². The molecule has 0 aromatic rings. The lowest BCUT2D eigenvalue weighted by atomic mass is 9.86. The van der Waals surface area contributed by atoms with Crippen LogP contribution >= 0.6 is 0 Å². The van der Waals surface area contributed by atoms with Crippen LogP contribution in [-0.2, 0) is 0 Å². The van der Waals surface area contributed by atoms with Gasteiger partial charge in [-0.2, -0.15) is 0 Å². The highest BCUT2D eigenvalue weighted by Crippen LogP contribution is 2.26. The highest BCUT2D eigenvalue weighted by molar-refractivity contribution is 5.05. The number of hydrogen-bond donors (Lipinski definition) is 0. The van der Waals surface area contributed by atoms with Crippen LogP contribution in [0.25, 0.3) is 0 Å². The summed E-state index contributed by atoms with van der Waals surface area (Å²) in [6, 6.07) is 0. The third-order valence-electron chi connectivity index (χ3n) is 2.46. The molecule has 0 N–H and O–H groups in total. The molecule has 0 saturated heterocycles. The molecule has 0 heterocycles. The van der Waals surface area contributed by atoms with Crippen molar-refractivity contribution in [1.82, 2.24) is 4.90 Å². The Balaban J connectivity index is 3.91. The lowest BCUT2D eigenvalue weighted by Crippen LogP contribution is -2.19. The van der Waals surface area contributed by atoms with Gasteiger partial charge in [0.15, 0.2) is 0 Å². The van der Waals surface area contributed by atoms with Crippen molar-refractivity contribution in [3.63, 3.8) is 0 Å². The van der Waals surface area contributed by atoms with E-state index in [9.17, 15) is 0 Å². The van der Waals surface area contributed by atoms with Crippen molar-refractivity contribution in [3.8, 4) is 0 Å². The van der Waals surface area contributed by atoms with E-state index in [-0.39, 0.29) is 5.41 Å². The molecule has 0 bridgehead atoms. The SMILES string of the molecule is C=C(C)N(C)CCC(=C)C(C)(C)C. The molecule has 0 amide bonds. The van der Waals surface area contributed by atoms with E-state index < -0.39 is 0 Å². The minimum Gasteiger partial charge on any atom is -0.378 e. The third-order valence-corrected chi connectivity index (χ3v) is 2.46. The van der Waals surface area contributed by atoms with Crippen molar-refractivity contribution in [2.24, 2.45) is 5.41 Å². The largest absolute Gasteiger partial charge is 0.378 e. The van der Waals surface area contributed by atoms with Gasteiger partial charge >= 0.3 is 0 Å². The van der Waals surface area contributed by atoms with Crippen LogP contribution in [0.1, 0.15) is 34.1 Å². The molecule has 1 heteroatoms. The van der Waals surface area contributed by atoms with Crippen molar-refractivity contribution in [2.75, 3.05) is 13.6 Å². The molecule has 0 unspecified atom stereocenters. The lowest BCUT2D eigenvalue weighted by Gasteiger charge is -2.25. The van der Waals surface area contributed by atoms with Gasteiger partial charge in [0.25, 0.3) is 0 Å². The van der Waals surface area contributed by atoms with Crippen molar-refractivity contribution in [3.05, 3.63) is 24.4 Å². The maximum atomic E-state index is 4.10. The summed E-state index contributed by atoms with van der Waals surface area (Å²) in [6.45, 7) is 17.7. The normalized spacial score (nSPS) is 11.2. The summed E-state index contributed by atoms with van der Waals surface area (Å²) in [6.07, 6.45) is 1.05. The van der Waals surface area contributed by atoms with Gasteiger partial charge in [-0.1, -0.05) is 39.5 Å². The van der Waals surface area contributed by atoms with Crippen LogP contribution in [0.15, 0.2) is 24.4 Å². The fourth-order valence-corrected chi connectivity index (χ4v) is 0.869. The van der Waals surface area contributed by atoms with E-state index in [2.05, 4.69) is 45.9 Å². The van der Waals surface area contributed by atoms with E-state index in [1.165, 1.54) is 5.57 Å². The van der Waals surface area contributed by atoms with Crippen molar-refractivity contribution >= 4 is 0 Å². The van der Waals surface area contributed by atoms with Gasteiger partial charge in [-0.15, -0.1) is 0 Å². The summed E-state index contributed by atoms with van der Waals surface area (Å²) in [5.41, 5.74) is 2.65. The quantitative estimate of drug-likeness (QED) is 0.600. The number of hydrogen-bond acceptors (Lipinski definition) is 1. The first-order chi connectivity index (χ1) is 5.75. The standard InChI is InChI=1S/C12H23N/c1-10(2)13(7)9-8-11(3)12(4,5)6/h1,3,8-9H2,2,4-7H3. The Morgan fingerprint density at radius 2 is 1.69 bits per heavy atom. The summed E-state index contributed by atoms with van der Waals surface area (Å²) in [5.74, 6) is 0. The molecule has 0 aromatic carbocycles. The monoisotopic (exact) mass is 181 g/mol. The highest BCUT2D eigenvalue weighted by Gasteiger charge is 2.14. The predicted molar refractivity (Wildman–Crippen MR) is 60.7 cm³/mol. The van der Waals surface area contributed by atoms with E-state index in [4.69, 9.17) is 0 Å². The molecule has 1 nitrogen and oxygen atoms in total. The number of rotatable bonds is 4. The summed E-state index contributed by atoms with van der Waals surface area (Å²) >= 11 is 0. The van der Waals surface area contributed by atoms with Crippen molar-refractivity contribution < 1.29 is 0 Å². The summed E-state index contributed by atoms with van der Waals surface area (Å²) in [7, 11) is 2.07. The Bertz CT molecular complexity index is 196. The molecular weight excluding hydrogens is 158 g/mol. The maximum absolute atomic E-state index is 4.10. The Morgan fingerprint density at radius 1 is 1.23 bits per heavy atom. The predicted octanol–water partition coefficient (Wildman–Crippen LogP) is 3.44. The molecule has 0 aliphatic rings. The second kappa shape index (κ2) is 4.50. The van der Waals surface area contributed by atoms with Gasteiger partial charge in [-0.05, 0) is 18.8 Å². The van der Waals surface area contributed by atoms with Crippen molar-refractivity contribution in [1.29, 1.82) is 0 Å². The van der Waals surface area contributed by atoms with Crippen LogP contribution in [0, 0.1) is 5.41 Å². The van der Waals surface area contributed by atoms with Gasteiger partial charge in [-0.3, -0.25) is 0 Å². The molecule has 13 heavy (non-hydrogen) atoms. The number of allylic oxidation sites excluding steroid dienone is 1. The lowest BCUT2D eigenvalue weighted by molar-refractivity contribution is 0.396. The zero-order valence-corrected chi connectivity index (χ0v) is 9.78. The first-order valence-corrected chi connectivity index (χ1v) is 4.80. The molecule has 0 aliphatic heterocycles. The van der Waals surface area contributed by atoms with Crippen LogP contribution in [0.2, 0.25) is 0 Å². The third kappa shape index (κ3) is 4.76. The molecule has 0 atom stereocenters. The zero-order chi connectivity index (χ0) is 10.6. The van der Waals surface area contributed by atoms with Gasteiger partial charge in [0.05, 0.1) is 0 Å². The van der Waals surface area contributed by atoms with E-state index >= 15 is 0 Å². The zero-order valence-electron chi connectivity index (χ0n) is 9.78. The summed E-state index contributed by atoms with van der Waals surface area (Å²) < 4.78 is 0. The Kier molecular flexibility index (Phi) is 4.25. The van der Waals surface area contributed by atoms with Crippen LogP contribution < -0.4 is 0 Å². The van der Waals surface area contributed by atoms with E-state index in [0.29, 0.717) is 0 Å². The average molecular weight is 181 g/mol. The molecule has 0 spiro atoms. The van der Waals surface area contributed by atoms with E-state index in [0.717, 1.165) is 18.7 Å². The summed E-state index contributed by atoms with van der Waals surface area (Å²) in [4.78, 5) is 2.16. The maximum Gasteiger partial charge on any atom is 0.0208 e. The number of nitrogens with zero attached hydrogens (tertiary/aromatic N) is 1. The molecular formula is C12H23N. The van der Waals surface area contributed by atoms with Crippen LogP contribution in [-0.4, -0.2) is 18.5 Å². The van der Waals surface area contributed by atoms with Crippen LogP contribution in [0.3, 0.4) is 0 Å².